The minimum absolute atomic E-state index is 0.195. The smallest absolute Gasteiger partial charge is 0.275 e. The molecular weight excluding hydrogens is 246 g/mol. The molecule has 1 aromatic heterocycles. The lowest BCUT2D eigenvalue weighted by Crippen LogP contribution is -2.29. The van der Waals surface area contributed by atoms with Gasteiger partial charge >= 0.3 is 0 Å². The van der Waals surface area contributed by atoms with Crippen LogP contribution in [0.1, 0.15) is 39.9 Å². The molecule has 0 aliphatic heterocycles. The number of hydrogen-bond donors (Lipinski definition) is 2. The molecule has 1 fully saturated rings. The summed E-state index contributed by atoms with van der Waals surface area (Å²) in [6, 6.07) is 1.97. The molecule has 100 valence electrons. The molecule has 1 amide bonds. The fourth-order valence-electron chi connectivity index (χ4n) is 2.07. The van der Waals surface area contributed by atoms with E-state index >= 15 is 0 Å². The number of hydrogen-bond acceptors (Lipinski definition) is 4. The van der Waals surface area contributed by atoms with Gasteiger partial charge in [0, 0.05) is 18.0 Å². The van der Waals surface area contributed by atoms with E-state index in [2.05, 4.69) is 24.2 Å². The molecular formula is C13H21N3OS. The number of carbonyl (C=O) groups is 1. The highest BCUT2D eigenvalue weighted by Gasteiger charge is 2.24. The van der Waals surface area contributed by atoms with E-state index in [1.807, 2.05) is 6.07 Å². The van der Waals surface area contributed by atoms with Crippen LogP contribution in [0, 0.1) is 12.8 Å². The Hall–Kier alpha value is -0.910. The Labute approximate surface area is 112 Å². The van der Waals surface area contributed by atoms with Crippen molar-refractivity contribution in [1.29, 1.82) is 0 Å². The van der Waals surface area contributed by atoms with Crippen molar-refractivity contribution < 1.29 is 4.79 Å². The summed E-state index contributed by atoms with van der Waals surface area (Å²) in [5, 5.41) is 0. The number of nitrogen functional groups attached to an aromatic ring is 1. The van der Waals surface area contributed by atoms with Gasteiger partial charge in [0.15, 0.2) is 0 Å². The van der Waals surface area contributed by atoms with Gasteiger partial charge in [0.05, 0.1) is 4.88 Å². The molecule has 5 heteroatoms. The average molecular weight is 267 g/mol. The minimum Gasteiger partial charge on any atom is -0.299 e. The van der Waals surface area contributed by atoms with Crippen molar-refractivity contribution in [3.8, 4) is 0 Å². The number of hydrazine groups is 1. The van der Waals surface area contributed by atoms with Crippen LogP contribution in [0.5, 0.6) is 0 Å². The quantitative estimate of drug-likeness (QED) is 0.470. The number of aryl methyl sites for hydroxylation is 1. The van der Waals surface area contributed by atoms with E-state index in [0.29, 0.717) is 4.88 Å². The predicted molar refractivity (Wildman–Crippen MR) is 74.4 cm³/mol. The Morgan fingerprint density at radius 3 is 2.89 bits per heavy atom. The fraction of sp³-hybridized carbons (Fsp3) is 0.615. The molecule has 18 heavy (non-hydrogen) atoms. The Kier molecular flexibility index (Phi) is 4.37. The summed E-state index contributed by atoms with van der Waals surface area (Å²) in [4.78, 5) is 15.9. The third-order valence-electron chi connectivity index (χ3n) is 3.43. The lowest BCUT2D eigenvalue weighted by atomic mass is 10.2. The lowest BCUT2D eigenvalue weighted by molar-refractivity contribution is 0.0957. The van der Waals surface area contributed by atoms with Crippen molar-refractivity contribution in [3.63, 3.8) is 0 Å². The number of thiophene rings is 1. The summed E-state index contributed by atoms with van der Waals surface area (Å²) in [7, 11) is 0. The first-order valence-electron chi connectivity index (χ1n) is 6.46. The maximum Gasteiger partial charge on any atom is 0.275 e. The molecule has 0 bridgehead atoms. The number of amides is 1. The molecule has 0 aromatic carbocycles. The van der Waals surface area contributed by atoms with Gasteiger partial charge in [0.2, 0.25) is 0 Å². The molecule has 1 heterocycles. The summed E-state index contributed by atoms with van der Waals surface area (Å²) >= 11 is 1.52. The highest BCUT2D eigenvalue weighted by molar-refractivity contribution is 7.14. The average Bonchev–Trinajstić information content (AvgIpc) is 3.11. The number of carbonyl (C=O) groups excluding carboxylic acids is 1. The van der Waals surface area contributed by atoms with Crippen LogP contribution < -0.4 is 11.3 Å². The molecule has 0 saturated heterocycles. The van der Waals surface area contributed by atoms with Crippen molar-refractivity contribution >= 4 is 17.2 Å². The second kappa shape index (κ2) is 5.82. The van der Waals surface area contributed by atoms with Crippen molar-refractivity contribution in [2.45, 2.75) is 33.2 Å². The van der Waals surface area contributed by atoms with Gasteiger partial charge in [-0.3, -0.25) is 15.1 Å². The standard InChI is InChI=1S/C13H21N3OS/c1-3-16(7-10-4-5-10)8-11-6-12(13(17)15-14)18-9(11)2/h6,10H,3-5,7-8,14H2,1-2H3,(H,15,17). The predicted octanol–water partition coefficient (Wildman–Crippen LogP) is 1.89. The van der Waals surface area contributed by atoms with E-state index < -0.39 is 0 Å². The van der Waals surface area contributed by atoms with E-state index in [4.69, 9.17) is 5.84 Å². The first kappa shape index (κ1) is 13.5. The fourth-order valence-corrected chi connectivity index (χ4v) is 3.01. The first-order valence-corrected chi connectivity index (χ1v) is 7.28. The normalized spacial score (nSPS) is 15.1. The molecule has 0 spiro atoms. The zero-order valence-corrected chi connectivity index (χ0v) is 11.8. The van der Waals surface area contributed by atoms with Gasteiger partial charge in [0.1, 0.15) is 0 Å². The van der Waals surface area contributed by atoms with Gasteiger partial charge in [-0.2, -0.15) is 0 Å². The Morgan fingerprint density at radius 2 is 2.33 bits per heavy atom. The van der Waals surface area contributed by atoms with E-state index in [1.54, 1.807) is 0 Å². The van der Waals surface area contributed by atoms with Crippen LogP contribution in [0.2, 0.25) is 0 Å². The minimum atomic E-state index is -0.195. The maximum absolute atomic E-state index is 11.5. The second-order valence-electron chi connectivity index (χ2n) is 4.94. The summed E-state index contributed by atoms with van der Waals surface area (Å²) in [5.41, 5.74) is 3.44. The van der Waals surface area contributed by atoms with Gasteiger partial charge in [-0.15, -0.1) is 11.3 Å². The SMILES string of the molecule is CCN(Cc1cc(C(=O)NN)sc1C)CC1CC1. The topological polar surface area (TPSA) is 58.4 Å². The third-order valence-corrected chi connectivity index (χ3v) is 4.52. The largest absolute Gasteiger partial charge is 0.299 e. The molecule has 1 aromatic rings. The van der Waals surface area contributed by atoms with E-state index in [-0.39, 0.29) is 5.91 Å². The monoisotopic (exact) mass is 267 g/mol. The Morgan fingerprint density at radius 1 is 1.61 bits per heavy atom. The summed E-state index contributed by atoms with van der Waals surface area (Å²) in [6.45, 7) is 7.44. The maximum atomic E-state index is 11.5. The third kappa shape index (κ3) is 3.31. The van der Waals surface area contributed by atoms with Gasteiger partial charge in [-0.05, 0) is 43.9 Å². The molecule has 1 aliphatic rings. The molecule has 2 rings (SSSR count). The van der Waals surface area contributed by atoms with Crippen molar-refractivity contribution in [1.82, 2.24) is 10.3 Å². The zero-order chi connectivity index (χ0) is 13.1. The van der Waals surface area contributed by atoms with Crippen LogP contribution in [-0.4, -0.2) is 23.9 Å². The van der Waals surface area contributed by atoms with Gasteiger partial charge in [0.25, 0.3) is 5.91 Å². The number of rotatable bonds is 6. The van der Waals surface area contributed by atoms with Crippen molar-refractivity contribution in [3.05, 3.63) is 21.4 Å². The highest BCUT2D eigenvalue weighted by atomic mass is 32.1. The van der Waals surface area contributed by atoms with Gasteiger partial charge in [-0.1, -0.05) is 6.92 Å². The van der Waals surface area contributed by atoms with Crippen LogP contribution in [0.3, 0.4) is 0 Å². The van der Waals surface area contributed by atoms with Crippen LogP contribution in [0.25, 0.3) is 0 Å². The lowest BCUT2D eigenvalue weighted by Gasteiger charge is -2.19. The number of nitrogens with two attached hydrogens (primary N) is 1. The summed E-state index contributed by atoms with van der Waals surface area (Å²) in [6.07, 6.45) is 2.75. The van der Waals surface area contributed by atoms with Crippen molar-refractivity contribution in [2.75, 3.05) is 13.1 Å². The molecule has 0 atom stereocenters. The molecule has 4 nitrogen and oxygen atoms in total. The van der Waals surface area contributed by atoms with Crippen LogP contribution >= 0.6 is 11.3 Å². The second-order valence-corrected chi connectivity index (χ2v) is 6.19. The zero-order valence-electron chi connectivity index (χ0n) is 11.0. The first-order chi connectivity index (χ1) is 8.63. The van der Waals surface area contributed by atoms with E-state index in [9.17, 15) is 4.79 Å². The van der Waals surface area contributed by atoms with Crippen LogP contribution in [0.15, 0.2) is 6.07 Å². The highest BCUT2D eigenvalue weighted by Crippen LogP contribution is 2.31. The van der Waals surface area contributed by atoms with Crippen LogP contribution in [0.4, 0.5) is 0 Å². The Balaban J connectivity index is 2.02. The molecule has 1 saturated carbocycles. The molecule has 3 N–H and O–H groups in total. The summed E-state index contributed by atoms with van der Waals surface area (Å²) in [5.74, 6) is 5.87. The van der Waals surface area contributed by atoms with E-state index in [0.717, 1.165) is 19.0 Å². The summed E-state index contributed by atoms with van der Waals surface area (Å²) < 4.78 is 0. The van der Waals surface area contributed by atoms with E-state index in [1.165, 1.54) is 41.2 Å². The number of nitrogens with zero attached hydrogens (tertiary/aromatic N) is 1. The Bertz CT molecular complexity index is 426. The molecule has 0 unspecified atom stereocenters. The molecule has 0 radical (unpaired) electrons. The van der Waals surface area contributed by atoms with Gasteiger partial charge < -0.3 is 0 Å². The van der Waals surface area contributed by atoms with Gasteiger partial charge in [-0.25, -0.2) is 5.84 Å². The van der Waals surface area contributed by atoms with Crippen molar-refractivity contribution in [2.24, 2.45) is 11.8 Å². The van der Waals surface area contributed by atoms with Crippen LogP contribution in [-0.2, 0) is 6.54 Å². The molecule has 1 aliphatic carbocycles. The number of nitrogens with one attached hydrogen (secondary N) is 1.